The van der Waals surface area contributed by atoms with Gasteiger partial charge in [0, 0.05) is 6.20 Å². The molecule has 0 unspecified atom stereocenters. The summed E-state index contributed by atoms with van der Waals surface area (Å²) in [6.07, 6.45) is 4.95. The maximum absolute atomic E-state index is 10.5. The number of aromatic nitrogens is 4. The standard InChI is InChI=1S/C10H10N4O2S/c1-7-2-3-11-4-8(7)14-6-12-13-10(14)17-5-9(15)16/h2-4,6H,5H2,1H3,(H,15,16). The SMILES string of the molecule is Cc1ccncc1-n1cnnc1SCC(=O)O. The van der Waals surface area contributed by atoms with Crippen LogP contribution in [0.3, 0.4) is 0 Å². The molecule has 2 rings (SSSR count). The van der Waals surface area contributed by atoms with Gasteiger partial charge in [0.25, 0.3) is 0 Å². The van der Waals surface area contributed by atoms with Gasteiger partial charge in [-0.1, -0.05) is 11.8 Å². The molecular formula is C10H10N4O2S. The van der Waals surface area contributed by atoms with Crippen LogP contribution in [0, 0.1) is 6.92 Å². The predicted molar refractivity (Wildman–Crippen MR) is 62.3 cm³/mol. The van der Waals surface area contributed by atoms with E-state index >= 15 is 0 Å². The first-order chi connectivity index (χ1) is 8.18. The van der Waals surface area contributed by atoms with Crippen molar-refractivity contribution in [3.8, 4) is 5.69 Å². The largest absolute Gasteiger partial charge is 0.481 e. The van der Waals surface area contributed by atoms with Crippen LogP contribution in [0.2, 0.25) is 0 Å². The van der Waals surface area contributed by atoms with Crippen molar-refractivity contribution in [3.05, 3.63) is 30.4 Å². The number of aliphatic carboxylic acids is 1. The van der Waals surface area contributed by atoms with Gasteiger partial charge in [-0.15, -0.1) is 10.2 Å². The van der Waals surface area contributed by atoms with Crippen LogP contribution >= 0.6 is 11.8 Å². The Morgan fingerprint density at radius 1 is 1.59 bits per heavy atom. The molecule has 0 saturated carbocycles. The lowest BCUT2D eigenvalue weighted by Crippen LogP contribution is -2.02. The highest BCUT2D eigenvalue weighted by Crippen LogP contribution is 2.20. The lowest BCUT2D eigenvalue weighted by molar-refractivity contribution is -0.133. The van der Waals surface area contributed by atoms with Crippen molar-refractivity contribution in [1.29, 1.82) is 0 Å². The van der Waals surface area contributed by atoms with Crippen molar-refractivity contribution in [2.45, 2.75) is 12.1 Å². The summed E-state index contributed by atoms with van der Waals surface area (Å²) >= 11 is 1.13. The smallest absolute Gasteiger partial charge is 0.313 e. The molecule has 0 spiro atoms. The number of rotatable bonds is 4. The molecule has 88 valence electrons. The molecule has 0 aromatic carbocycles. The summed E-state index contributed by atoms with van der Waals surface area (Å²) in [5.41, 5.74) is 1.88. The zero-order valence-electron chi connectivity index (χ0n) is 9.07. The minimum absolute atomic E-state index is 0.0436. The van der Waals surface area contributed by atoms with E-state index in [1.54, 1.807) is 23.3 Å². The maximum Gasteiger partial charge on any atom is 0.313 e. The quantitative estimate of drug-likeness (QED) is 0.820. The molecule has 0 aliphatic carbocycles. The minimum atomic E-state index is -0.882. The molecule has 1 N–H and O–H groups in total. The van der Waals surface area contributed by atoms with Crippen LogP contribution in [0.5, 0.6) is 0 Å². The van der Waals surface area contributed by atoms with Gasteiger partial charge in [-0.25, -0.2) is 0 Å². The molecular weight excluding hydrogens is 240 g/mol. The fraction of sp³-hybridized carbons (Fsp3) is 0.200. The van der Waals surface area contributed by atoms with E-state index in [0.29, 0.717) is 5.16 Å². The van der Waals surface area contributed by atoms with Crippen LogP contribution in [-0.2, 0) is 4.79 Å². The van der Waals surface area contributed by atoms with Crippen LogP contribution < -0.4 is 0 Å². The molecule has 0 saturated heterocycles. The number of hydrogen-bond acceptors (Lipinski definition) is 5. The number of thioether (sulfide) groups is 1. The van der Waals surface area contributed by atoms with E-state index in [0.717, 1.165) is 23.0 Å². The first-order valence-corrected chi connectivity index (χ1v) is 5.82. The van der Waals surface area contributed by atoms with Gasteiger partial charge < -0.3 is 5.11 Å². The molecule has 17 heavy (non-hydrogen) atoms. The molecule has 0 aliphatic heterocycles. The second-order valence-electron chi connectivity index (χ2n) is 3.33. The second-order valence-corrected chi connectivity index (χ2v) is 4.27. The zero-order valence-corrected chi connectivity index (χ0v) is 9.89. The van der Waals surface area contributed by atoms with Crippen LogP contribution in [0.25, 0.3) is 5.69 Å². The Balaban J connectivity index is 2.31. The third kappa shape index (κ3) is 2.62. The highest BCUT2D eigenvalue weighted by atomic mass is 32.2. The van der Waals surface area contributed by atoms with Crippen molar-refractivity contribution >= 4 is 17.7 Å². The van der Waals surface area contributed by atoms with Crippen molar-refractivity contribution in [3.63, 3.8) is 0 Å². The Morgan fingerprint density at radius 2 is 2.41 bits per heavy atom. The van der Waals surface area contributed by atoms with Crippen LogP contribution in [0.15, 0.2) is 29.9 Å². The molecule has 2 heterocycles. The summed E-state index contributed by atoms with van der Waals surface area (Å²) < 4.78 is 1.73. The van der Waals surface area contributed by atoms with Gasteiger partial charge >= 0.3 is 5.97 Å². The fourth-order valence-electron chi connectivity index (χ4n) is 1.32. The van der Waals surface area contributed by atoms with E-state index in [2.05, 4.69) is 15.2 Å². The van der Waals surface area contributed by atoms with Gasteiger partial charge in [-0.2, -0.15) is 0 Å². The molecule has 0 radical (unpaired) electrons. The van der Waals surface area contributed by atoms with Gasteiger partial charge in [0.1, 0.15) is 6.33 Å². The summed E-state index contributed by atoms with van der Waals surface area (Å²) in [6.45, 7) is 1.95. The number of hydrogen-bond donors (Lipinski definition) is 1. The van der Waals surface area contributed by atoms with Gasteiger partial charge in [0.15, 0.2) is 5.16 Å². The Labute approximate surface area is 102 Å². The molecule has 0 bridgehead atoms. The van der Waals surface area contributed by atoms with Crippen molar-refractivity contribution in [2.75, 3.05) is 5.75 Å². The summed E-state index contributed by atoms with van der Waals surface area (Å²) in [5.74, 6) is -0.926. The summed E-state index contributed by atoms with van der Waals surface area (Å²) in [6, 6.07) is 1.88. The number of carboxylic acid groups (broad SMARTS) is 1. The number of nitrogens with zero attached hydrogens (tertiary/aromatic N) is 4. The maximum atomic E-state index is 10.5. The molecule has 2 aromatic rings. The van der Waals surface area contributed by atoms with E-state index in [-0.39, 0.29) is 5.75 Å². The number of carbonyl (C=O) groups is 1. The van der Waals surface area contributed by atoms with Gasteiger partial charge in [-0.3, -0.25) is 14.3 Å². The molecule has 2 aromatic heterocycles. The van der Waals surface area contributed by atoms with E-state index in [1.807, 2.05) is 13.0 Å². The molecule has 7 heteroatoms. The monoisotopic (exact) mass is 250 g/mol. The van der Waals surface area contributed by atoms with Gasteiger partial charge in [-0.05, 0) is 18.6 Å². The fourth-order valence-corrected chi connectivity index (χ4v) is 1.96. The lowest BCUT2D eigenvalue weighted by Gasteiger charge is -2.07. The predicted octanol–water partition coefficient (Wildman–Crippen LogP) is 1.15. The van der Waals surface area contributed by atoms with Crippen LogP contribution in [-0.4, -0.2) is 36.6 Å². The third-order valence-electron chi connectivity index (χ3n) is 2.11. The Kier molecular flexibility index (Phi) is 3.38. The van der Waals surface area contributed by atoms with Crippen LogP contribution in [0.4, 0.5) is 0 Å². The highest BCUT2D eigenvalue weighted by molar-refractivity contribution is 7.99. The summed E-state index contributed by atoms with van der Waals surface area (Å²) in [5, 5.41) is 16.9. The summed E-state index contributed by atoms with van der Waals surface area (Å²) in [7, 11) is 0. The van der Waals surface area contributed by atoms with E-state index in [9.17, 15) is 4.79 Å². The topological polar surface area (TPSA) is 80.9 Å². The first kappa shape index (κ1) is 11.6. The van der Waals surface area contributed by atoms with Crippen molar-refractivity contribution in [2.24, 2.45) is 0 Å². The number of carboxylic acids is 1. The molecule has 0 fully saturated rings. The lowest BCUT2D eigenvalue weighted by atomic mass is 10.2. The van der Waals surface area contributed by atoms with Gasteiger partial charge in [0.2, 0.25) is 0 Å². The highest BCUT2D eigenvalue weighted by Gasteiger charge is 2.10. The number of aryl methyl sites for hydroxylation is 1. The average Bonchev–Trinajstić information content (AvgIpc) is 2.75. The van der Waals surface area contributed by atoms with E-state index in [1.165, 1.54) is 0 Å². The van der Waals surface area contributed by atoms with Crippen molar-refractivity contribution < 1.29 is 9.90 Å². The Morgan fingerprint density at radius 3 is 3.12 bits per heavy atom. The number of pyridine rings is 1. The molecule has 0 aliphatic rings. The zero-order chi connectivity index (χ0) is 12.3. The second kappa shape index (κ2) is 4.96. The average molecular weight is 250 g/mol. The van der Waals surface area contributed by atoms with E-state index in [4.69, 9.17) is 5.11 Å². The minimum Gasteiger partial charge on any atom is -0.481 e. The Hall–Kier alpha value is -1.89. The summed E-state index contributed by atoms with van der Waals surface area (Å²) in [4.78, 5) is 14.6. The normalized spacial score (nSPS) is 10.4. The third-order valence-corrected chi connectivity index (χ3v) is 3.04. The van der Waals surface area contributed by atoms with E-state index < -0.39 is 5.97 Å². The van der Waals surface area contributed by atoms with Gasteiger partial charge in [0.05, 0.1) is 17.6 Å². The molecule has 0 amide bonds. The Bertz CT molecular complexity index is 541. The molecule has 6 nitrogen and oxygen atoms in total. The van der Waals surface area contributed by atoms with Crippen LogP contribution in [0.1, 0.15) is 5.56 Å². The molecule has 0 atom stereocenters. The first-order valence-electron chi connectivity index (χ1n) is 4.84. The van der Waals surface area contributed by atoms with Crippen molar-refractivity contribution in [1.82, 2.24) is 19.7 Å².